The quantitative estimate of drug-likeness (QED) is 0.331. The third-order valence-corrected chi connectivity index (χ3v) is 0. The van der Waals surface area contributed by atoms with Gasteiger partial charge in [-0.15, -0.1) is 0 Å². The van der Waals surface area contributed by atoms with Crippen molar-refractivity contribution in [1.82, 2.24) is 0 Å². The first-order valence-corrected chi connectivity index (χ1v) is 1.79. The van der Waals surface area contributed by atoms with Crippen molar-refractivity contribution in [2.45, 2.75) is 26.1 Å². The topological polar surface area (TPSA) is 0 Å². The van der Waals surface area contributed by atoms with Crippen molar-refractivity contribution in [1.29, 1.82) is 0 Å². The summed E-state index contributed by atoms with van der Waals surface area (Å²) in [4.78, 5) is 0. The monoisotopic (exact) mass is 108 g/mol. The van der Waals surface area contributed by atoms with E-state index in [2.05, 4.69) is 0 Å². The molecule has 0 aromatic heterocycles. The van der Waals surface area contributed by atoms with Gasteiger partial charge in [0.2, 0.25) is 0 Å². The van der Waals surface area contributed by atoms with Gasteiger partial charge in [0.25, 0.3) is 0 Å². The van der Waals surface area contributed by atoms with E-state index in [9.17, 15) is 0 Å². The van der Waals surface area contributed by atoms with Gasteiger partial charge < -0.3 is 1.43 Å². The maximum atomic E-state index is 5.35. The number of rotatable bonds is 0. The summed E-state index contributed by atoms with van der Waals surface area (Å²) in [6.45, 7) is 5.90. The standard InChI is InChI=1S/C4H9B.K.H/c1-4(2,3)5;;/h1-3H3;;/q;+1;-1. The normalized spacial score (nSPS) is 9.83. The fourth-order valence-electron chi connectivity index (χ4n) is 0. The van der Waals surface area contributed by atoms with Crippen LogP contribution in [0.25, 0.3) is 0 Å². The van der Waals surface area contributed by atoms with E-state index >= 15 is 0 Å². The van der Waals surface area contributed by atoms with Crippen molar-refractivity contribution in [3.05, 3.63) is 0 Å². The molecule has 0 bridgehead atoms. The molecule has 0 atom stereocenters. The molecule has 30 valence electrons. The zero-order valence-electron chi connectivity index (χ0n) is 6.08. The van der Waals surface area contributed by atoms with Crippen LogP contribution in [0.15, 0.2) is 0 Å². The van der Waals surface area contributed by atoms with Crippen LogP contribution in [0.2, 0.25) is 5.31 Å². The van der Waals surface area contributed by atoms with Crippen LogP contribution in [0.4, 0.5) is 0 Å². The van der Waals surface area contributed by atoms with Crippen LogP contribution < -0.4 is 51.4 Å². The minimum Gasteiger partial charge on any atom is -1.00 e. The minimum absolute atomic E-state index is 0. The van der Waals surface area contributed by atoms with Crippen LogP contribution in [-0.2, 0) is 0 Å². The molecule has 0 rings (SSSR count). The molecular formula is C4H10BK. The Balaban J connectivity index is -0.0000000800. The SMILES string of the molecule is [B]C(C)(C)C.[H-].[K+]. The molecule has 0 saturated heterocycles. The van der Waals surface area contributed by atoms with Crippen molar-refractivity contribution in [3.63, 3.8) is 0 Å². The smallest absolute Gasteiger partial charge is 1.00 e. The van der Waals surface area contributed by atoms with Gasteiger partial charge in [-0.05, 0) is 0 Å². The van der Waals surface area contributed by atoms with Crippen LogP contribution in [-0.4, -0.2) is 7.85 Å². The van der Waals surface area contributed by atoms with Gasteiger partial charge in [0, 0.05) is 0 Å². The Morgan fingerprint density at radius 3 is 1.33 bits per heavy atom. The minimum atomic E-state index is 0. The van der Waals surface area contributed by atoms with Crippen LogP contribution >= 0.6 is 0 Å². The second kappa shape index (κ2) is 3.67. The fourth-order valence-corrected chi connectivity index (χ4v) is 0. The molecule has 0 saturated carbocycles. The second-order valence-corrected chi connectivity index (χ2v) is 2.37. The van der Waals surface area contributed by atoms with Crippen LogP contribution in [0, 0.1) is 0 Å². The van der Waals surface area contributed by atoms with E-state index in [1.807, 2.05) is 20.8 Å². The van der Waals surface area contributed by atoms with E-state index in [1.54, 1.807) is 0 Å². The number of hydrogen-bond donors (Lipinski definition) is 0. The third kappa shape index (κ3) is 43.5. The summed E-state index contributed by atoms with van der Waals surface area (Å²) in [7, 11) is 5.35. The first-order chi connectivity index (χ1) is 2.00. The molecule has 2 heteroatoms. The van der Waals surface area contributed by atoms with Crippen molar-refractivity contribution in [2.75, 3.05) is 0 Å². The van der Waals surface area contributed by atoms with Gasteiger partial charge in [0.05, 0.1) is 7.85 Å². The van der Waals surface area contributed by atoms with E-state index < -0.39 is 0 Å². The molecule has 2 radical (unpaired) electrons. The zero-order valence-corrected chi connectivity index (χ0v) is 8.20. The van der Waals surface area contributed by atoms with E-state index in [0.29, 0.717) is 0 Å². The summed E-state index contributed by atoms with van der Waals surface area (Å²) >= 11 is 0. The predicted molar refractivity (Wildman–Crippen MR) is 26.6 cm³/mol. The molecule has 0 aliphatic rings. The fraction of sp³-hybridized carbons (Fsp3) is 1.00. The Morgan fingerprint density at radius 2 is 1.33 bits per heavy atom. The molecule has 0 aromatic rings. The van der Waals surface area contributed by atoms with Gasteiger partial charge in [0.1, 0.15) is 0 Å². The van der Waals surface area contributed by atoms with Crippen LogP contribution in [0.5, 0.6) is 0 Å². The Hall–Kier alpha value is 1.70. The molecule has 0 unspecified atom stereocenters. The molecule has 0 fully saturated rings. The molecule has 0 aliphatic carbocycles. The Morgan fingerprint density at radius 1 is 1.33 bits per heavy atom. The Bertz CT molecular complexity index is 27.2. The Kier molecular flexibility index (Phi) is 6.51. The van der Waals surface area contributed by atoms with E-state index in [0.717, 1.165) is 0 Å². The third-order valence-electron chi connectivity index (χ3n) is 0. The Labute approximate surface area is 85.4 Å². The van der Waals surface area contributed by atoms with Crippen molar-refractivity contribution in [2.24, 2.45) is 0 Å². The zero-order chi connectivity index (χ0) is 4.50. The molecule has 0 aliphatic heterocycles. The number of hydrogen-bond acceptors (Lipinski definition) is 0. The van der Waals surface area contributed by atoms with Crippen LogP contribution in [0.3, 0.4) is 0 Å². The average Bonchev–Trinajstić information content (AvgIpc) is 0.722. The van der Waals surface area contributed by atoms with Gasteiger partial charge in [-0.2, -0.15) is 0 Å². The molecular weight excluding hydrogens is 98.0 g/mol. The largest absolute Gasteiger partial charge is 1.00 e. The van der Waals surface area contributed by atoms with E-state index in [1.165, 1.54) is 0 Å². The summed E-state index contributed by atoms with van der Waals surface area (Å²) in [6.07, 6.45) is 0. The van der Waals surface area contributed by atoms with E-state index in [-0.39, 0.29) is 58.1 Å². The molecule has 0 aromatic carbocycles. The summed E-state index contributed by atoms with van der Waals surface area (Å²) < 4.78 is 0. The van der Waals surface area contributed by atoms with Crippen molar-refractivity contribution < 1.29 is 52.8 Å². The summed E-state index contributed by atoms with van der Waals surface area (Å²) in [6, 6.07) is 0. The molecule has 0 nitrogen and oxygen atoms in total. The van der Waals surface area contributed by atoms with Crippen molar-refractivity contribution >= 4 is 7.85 Å². The van der Waals surface area contributed by atoms with Crippen molar-refractivity contribution in [3.8, 4) is 0 Å². The molecule has 0 amide bonds. The maximum absolute atomic E-state index is 5.35. The van der Waals surface area contributed by atoms with Gasteiger partial charge in [-0.25, -0.2) is 0 Å². The molecule has 0 spiro atoms. The van der Waals surface area contributed by atoms with Crippen LogP contribution in [0.1, 0.15) is 22.2 Å². The summed E-state index contributed by atoms with van der Waals surface area (Å²) in [5, 5.41) is 0. The maximum Gasteiger partial charge on any atom is 1.00 e. The second-order valence-electron chi connectivity index (χ2n) is 2.37. The van der Waals surface area contributed by atoms with Gasteiger partial charge in [-0.3, -0.25) is 0 Å². The first-order valence-electron chi connectivity index (χ1n) is 1.79. The van der Waals surface area contributed by atoms with E-state index in [4.69, 9.17) is 7.85 Å². The molecule has 0 N–H and O–H groups in total. The predicted octanol–water partition coefficient (Wildman–Crippen LogP) is -1.51. The van der Waals surface area contributed by atoms with Gasteiger partial charge in [0.15, 0.2) is 0 Å². The summed E-state index contributed by atoms with van der Waals surface area (Å²) in [5.74, 6) is 0. The first kappa shape index (κ1) is 10.6. The average molecular weight is 108 g/mol. The van der Waals surface area contributed by atoms with Gasteiger partial charge in [-0.1, -0.05) is 26.1 Å². The molecule has 6 heavy (non-hydrogen) atoms. The van der Waals surface area contributed by atoms with Gasteiger partial charge >= 0.3 is 51.4 Å². The molecule has 0 heterocycles. The summed E-state index contributed by atoms with van der Waals surface area (Å²) in [5.41, 5.74) is 0.